The summed E-state index contributed by atoms with van der Waals surface area (Å²) in [6.45, 7) is 2.58. The van der Waals surface area contributed by atoms with Crippen molar-refractivity contribution in [2.24, 2.45) is 23.7 Å². The van der Waals surface area contributed by atoms with E-state index >= 15 is 0 Å². The van der Waals surface area contributed by atoms with Crippen LogP contribution in [-0.2, 0) is 11.2 Å². The SMILES string of the molecule is O=C(Cc1ccc(OCC[C@@H]2C[C@@H]2C2CCN(c3ncc(Cl)cn3)CC2)cc1F)CC1CCC1. The van der Waals surface area contributed by atoms with Gasteiger partial charge in [-0.1, -0.05) is 36.9 Å². The Bertz CT molecular complexity index is 990. The van der Waals surface area contributed by atoms with Gasteiger partial charge in [0.05, 0.1) is 24.0 Å². The zero-order valence-electron chi connectivity index (χ0n) is 19.6. The molecule has 1 aromatic carbocycles. The van der Waals surface area contributed by atoms with Crippen molar-refractivity contribution in [1.82, 2.24) is 9.97 Å². The molecule has 3 aliphatic rings. The van der Waals surface area contributed by atoms with Crippen molar-refractivity contribution in [3.8, 4) is 5.75 Å². The molecule has 182 valence electrons. The van der Waals surface area contributed by atoms with Gasteiger partial charge in [-0.05, 0) is 61.0 Å². The number of hydrogen-bond donors (Lipinski definition) is 0. The molecule has 0 spiro atoms. The molecule has 2 atom stereocenters. The summed E-state index contributed by atoms with van der Waals surface area (Å²) >= 11 is 5.89. The molecule has 2 heterocycles. The highest BCUT2D eigenvalue weighted by atomic mass is 35.5. The summed E-state index contributed by atoms with van der Waals surface area (Å²) in [5.74, 6) is 3.89. The Balaban J connectivity index is 1.01. The second-order valence-corrected chi connectivity index (χ2v) is 10.7. The van der Waals surface area contributed by atoms with E-state index in [1.807, 2.05) is 0 Å². The highest BCUT2D eigenvalue weighted by Crippen LogP contribution is 2.49. The number of benzene rings is 1. The van der Waals surface area contributed by atoms with E-state index < -0.39 is 0 Å². The van der Waals surface area contributed by atoms with Gasteiger partial charge in [-0.2, -0.15) is 0 Å². The first-order valence-corrected chi connectivity index (χ1v) is 13.1. The lowest BCUT2D eigenvalue weighted by molar-refractivity contribution is -0.119. The number of piperidine rings is 1. The van der Waals surface area contributed by atoms with E-state index in [-0.39, 0.29) is 18.0 Å². The van der Waals surface area contributed by atoms with Crippen LogP contribution in [0.15, 0.2) is 30.6 Å². The summed E-state index contributed by atoms with van der Waals surface area (Å²) in [6, 6.07) is 4.94. The van der Waals surface area contributed by atoms with E-state index in [9.17, 15) is 9.18 Å². The maximum absolute atomic E-state index is 14.5. The fourth-order valence-corrected chi connectivity index (χ4v) is 5.67. The molecule has 1 aromatic heterocycles. The van der Waals surface area contributed by atoms with E-state index in [2.05, 4.69) is 14.9 Å². The summed E-state index contributed by atoms with van der Waals surface area (Å²) in [6.07, 6.45) is 12.2. The number of rotatable bonds is 10. The molecule has 1 saturated heterocycles. The summed E-state index contributed by atoms with van der Waals surface area (Å²) in [7, 11) is 0. The molecular weight excluding hydrogens is 453 g/mol. The standard InChI is InChI=1S/C27H33ClFN3O2/c28-22-16-30-27(31-17-22)32-9-6-19(7-10-32)25-14-20(25)8-11-34-24-5-4-21(26(29)15-24)13-23(33)12-18-2-1-3-18/h4-5,15-20,25H,1-3,6-14H2/t20-,25-/m1/s1. The Labute approximate surface area is 206 Å². The minimum absolute atomic E-state index is 0.142. The van der Waals surface area contributed by atoms with E-state index in [1.54, 1.807) is 24.5 Å². The maximum atomic E-state index is 14.5. The monoisotopic (exact) mass is 485 g/mol. The lowest BCUT2D eigenvalue weighted by Crippen LogP contribution is -2.35. The quantitative estimate of drug-likeness (QED) is 0.420. The molecule has 5 rings (SSSR count). The Morgan fingerprint density at radius 3 is 2.59 bits per heavy atom. The van der Waals surface area contributed by atoms with E-state index in [4.69, 9.17) is 16.3 Å². The van der Waals surface area contributed by atoms with Gasteiger partial charge >= 0.3 is 0 Å². The number of aromatic nitrogens is 2. The van der Waals surface area contributed by atoms with E-state index in [0.717, 1.165) is 50.1 Å². The average molecular weight is 486 g/mol. The first kappa shape index (κ1) is 23.5. The second kappa shape index (κ2) is 10.6. The lowest BCUT2D eigenvalue weighted by atomic mass is 9.81. The smallest absolute Gasteiger partial charge is 0.225 e. The van der Waals surface area contributed by atoms with Crippen LogP contribution >= 0.6 is 11.6 Å². The molecule has 0 N–H and O–H groups in total. The Hall–Kier alpha value is -2.21. The number of carbonyl (C=O) groups excluding carboxylic acids is 1. The maximum Gasteiger partial charge on any atom is 0.225 e. The third kappa shape index (κ3) is 5.88. The van der Waals surface area contributed by atoms with Crippen LogP contribution in [0.3, 0.4) is 0 Å². The van der Waals surface area contributed by atoms with Gasteiger partial charge in [0, 0.05) is 32.0 Å². The van der Waals surface area contributed by atoms with Crippen LogP contribution in [-0.4, -0.2) is 35.4 Å². The fraction of sp³-hybridized carbons (Fsp3) is 0.593. The third-order valence-electron chi connectivity index (χ3n) is 7.92. The predicted molar refractivity (Wildman–Crippen MR) is 131 cm³/mol. The van der Waals surface area contributed by atoms with E-state index in [0.29, 0.717) is 41.2 Å². The van der Waals surface area contributed by atoms with Crippen LogP contribution in [0.4, 0.5) is 10.3 Å². The molecule has 2 aliphatic carbocycles. The van der Waals surface area contributed by atoms with Gasteiger partial charge in [-0.25, -0.2) is 14.4 Å². The Morgan fingerprint density at radius 2 is 1.91 bits per heavy atom. The first-order chi connectivity index (χ1) is 16.5. The predicted octanol–water partition coefficient (Wildman–Crippen LogP) is 5.89. The topological polar surface area (TPSA) is 55.3 Å². The summed E-state index contributed by atoms with van der Waals surface area (Å²) in [5.41, 5.74) is 0.481. The fourth-order valence-electron chi connectivity index (χ4n) is 5.57. The van der Waals surface area contributed by atoms with Gasteiger partial charge in [0.2, 0.25) is 5.95 Å². The number of ketones is 1. The van der Waals surface area contributed by atoms with Crippen molar-refractivity contribution in [3.05, 3.63) is 47.0 Å². The molecular formula is C27H33ClFN3O2. The molecule has 7 heteroatoms. The minimum atomic E-state index is -0.333. The lowest BCUT2D eigenvalue weighted by Gasteiger charge is -2.32. The van der Waals surface area contributed by atoms with Crippen molar-refractivity contribution in [2.75, 3.05) is 24.6 Å². The Kier molecular flexibility index (Phi) is 7.33. The molecule has 2 saturated carbocycles. The van der Waals surface area contributed by atoms with Crippen LogP contribution in [0, 0.1) is 29.5 Å². The number of nitrogens with zero attached hydrogens (tertiary/aromatic N) is 3. The van der Waals surface area contributed by atoms with Crippen molar-refractivity contribution in [3.63, 3.8) is 0 Å². The van der Waals surface area contributed by atoms with Crippen LogP contribution in [0.5, 0.6) is 5.75 Å². The number of carbonyl (C=O) groups is 1. The normalized spacial score (nSPS) is 22.9. The van der Waals surface area contributed by atoms with E-state index in [1.165, 1.54) is 31.7 Å². The highest BCUT2D eigenvalue weighted by molar-refractivity contribution is 6.30. The van der Waals surface area contributed by atoms with Crippen molar-refractivity contribution in [1.29, 1.82) is 0 Å². The van der Waals surface area contributed by atoms with Crippen molar-refractivity contribution in [2.45, 2.75) is 57.8 Å². The number of hydrogen-bond acceptors (Lipinski definition) is 5. The van der Waals surface area contributed by atoms with Crippen LogP contribution < -0.4 is 9.64 Å². The molecule has 3 fully saturated rings. The zero-order chi connectivity index (χ0) is 23.5. The van der Waals surface area contributed by atoms with Gasteiger partial charge in [-0.3, -0.25) is 4.79 Å². The summed E-state index contributed by atoms with van der Waals surface area (Å²) in [5, 5.41) is 0.565. The first-order valence-electron chi connectivity index (χ1n) is 12.7. The molecule has 0 amide bonds. The van der Waals surface area contributed by atoms with Crippen LogP contribution in [0.1, 0.15) is 56.9 Å². The number of Topliss-reactive ketones (excluding diaryl/α,β-unsaturated/α-hetero) is 1. The molecule has 1 aliphatic heterocycles. The molecule has 5 nitrogen and oxygen atoms in total. The van der Waals surface area contributed by atoms with Crippen LogP contribution in [0.25, 0.3) is 0 Å². The molecule has 34 heavy (non-hydrogen) atoms. The van der Waals surface area contributed by atoms with Gasteiger partial charge in [0.15, 0.2) is 0 Å². The molecule has 0 radical (unpaired) electrons. The van der Waals surface area contributed by atoms with Gasteiger partial charge in [-0.15, -0.1) is 0 Å². The average Bonchev–Trinajstić information content (AvgIpc) is 3.58. The van der Waals surface area contributed by atoms with Gasteiger partial charge in [0.25, 0.3) is 0 Å². The number of halogens is 2. The third-order valence-corrected chi connectivity index (χ3v) is 8.12. The summed E-state index contributed by atoms with van der Waals surface area (Å²) in [4.78, 5) is 23.1. The number of anilines is 1. The highest BCUT2D eigenvalue weighted by Gasteiger charge is 2.43. The molecule has 0 bridgehead atoms. The largest absolute Gasteiger partial charge is 0.493 e. The zero-order valence-corrected chi connectivity index (χ0v) is 20.4. The van der Waals surface area contributed by atoms with Gasteiger partial charge in [0.1, 0.15) is 17.3 Å². The van der Waals surface area contributed by atoms with Crippen LogP contribution in [0.2, 0.25) is 5.02 Å². The molecule has 0 unspecified atom stereocenters. The van der Waals surface area contributed by atoms with Gasteiger partial charge < -0.3 is 9.64 Å². The Morgan fingerprint density at radius 1 is 1.15 bits per heavy atom. The van der Waals surface area contributed by atoms with Crippen molar-refractivity contribution >= 4 is 23.3 Å². The molecule has 2 aromatic rings. The number of ether oxygens (including phenoxy) is 1. The van der Waals surface area contributed by atoms with Crippen molar-refractivity contribution < 1.29 is 13.9 Å². The minimum Gasteiger partial charge on any atom is -0.493 e. The summed E-state index contributed by atoms with van der Waals surface area (Å²) < 4.78 is 20.3. The second-order valence-electron chi connectivity index (χ2n) is 10.3.